The number of alkyl halides is 6. The van der Waals surface area contributed by atoms with Crippen LogP contribution < -0.4 is 9.80 Å². The fourth-order valence-electron chi connectivity index (χ4n) is 4.44. The first kappa shape index (κ1) is 21.6. The number of fused-ring (bicyclic) bond motifs is 1. The van der Waals surface area contributed by atoms with Crippen LogP contribution in [0.3, 0.4) is 0 Å². The average molecular weight is 472 g/mol. The minimum absolute atomic E-state index is 0.0472. The summed E-state index contributed by atoms with van der Waals surface area (Å²) in [6.07, 6.45) is -5.49. The Hall–Kier alpha value is -3.19. The molecule has 0 aromatic carbocycles. The molecule has 0 unspecified atom stereocenters. The number of aromatic nitrogens is 6. The zero-order valence-electron chi connectivity index (χ0n) is 17.3. The third kappa shape index (κ3) is 4.13. The zero-order chi connectivity index (χ0) is 23.6. The van der Waals surface area contributed by atoms with Crippen LogP contribution in [0.4, 0.5) is 38.1 Å². The molecule has 2 aliphatic rings. The predicted octanol–water partition coefficient (Wildman–Crippen LogP) is 3.22. The molecule has 5 heterocycles. The van der Waals surface area contributed by atoms with Crippen LogP contribution in [0.2, 0.25) is 0 Å². The van der Waals surface area contributed by atoms with Crippen molar-refractivity contribution in [2.45, 2.75) is 32.2 Å². The van der Waals surface area contributed by atoms with Crippen LogP contribution in [0.25, 0.3) is 11.0 Å². The number of rotatable bonds is 3. The fraction of sp³-hybridized carbons (Fsp3) is 0.526. The Kier molecular flexibility index (Phi) is 4.69. The predicted molar refractivity (Wildman–Crippen MR) is 105 cm³/mol. The molecule has 8 nitrogen and oxygen atoms in total. The number of nitrogens with zero attached hydrogens (tertiary/aromatic N) is 8. The van der Waals surface area contributed by atoms with Gasteiger partial charge in [0, 0.05) is 43.9 Å². The molecule has 1 spiro atoms. The Balaban J connectivity index is 1.31. The van der Waals surface area contributed by atoms with Gasteiger partial charge >= 0.3 is 12.4 Å². The highest BCUT2D eigenvalue weighted by Gasteiger charge is 2.49. The van der Waals surface area contributed by atoms with Gasteiger partial charge < -0.3 is 9.80 Å². The Labute approximate surface area is 183 Å². The quantitative estimate of drug-likeness (QED) is 0.542. The molecule has 2 fully saturated rings. The van der Waals surface area contributed by atoms with Gasteiger partial charge in [0.2, 0.25) is 5.95 Å². The molecular formula is C19H18F6N8. The molecule has 2 aliphatic heterocycles. The van der Waals surface area contributed by atoms with E-state index in [1.165, 1.54) is 19.3 Å². The largest absolute Gasteiger partial charge is 0.433 e. The SMILES string of the molecule is Cc1nc(N2CC3(CCN(c4ncc5cnn(CC(F)(F)F)c5n4)C3)C2)cc(C(F)(F)F)n1. The summed E-state index contributed by atoms with van der Waals surface area (Å²) in [6, 6.07) is 0.950. The van der Waals surface area contributed by atoms with Gasteiger partial charge in [0.15, 0.2) is 5.65 Å². The standard InChI is InChI=1S/C19H18F6N8/c1-11-28-13(19(23,24)25)4-14(29-11)32-8-17(9-32)2-3-31(7-17)16-26-5-12-6-27-33(15(12)30-16)10-18(20,21)22/h4-6H,2-3,7-10H2,1H3. The highest BCUT2D eigenvalue weighted by atomic mass is 19.4. The van der Waals surface area contributed by atoms with E-state index in [2.05, 4.69) is 25.0 Å². The van der Waals surface area contributed by atoms with Gasteiger partial charge in [-0.1, -0.05) is 0 Å². The topological polar surface area (TPSA) is 75.9 Å². The monoisotopic (exact) mass is 472 g/mol. The highest BCUT2D eigenvalue weighted by molar-refractivity contribution is 5.74. The molecule has 33 heavy (non-hydrogen) atoms. The van der Waals surface area contributed by atoms with Crippen LogP contribution in [0.15, 0.2) is 18.5 Å². The van der Waals surface area contributed by atoms with Crippen molar-refractivity contribution in [3.63, 3.8) is 0 Å². The van der Waals surface area contributed by atoms with Gasteiger partial charge in [-0.05, 0) is 13.3 Å². The van der Waals surface area contributed by atoms with E-state index in [-0.39, 0.29) is 22.7 Å². The van der Waals surface area contributed by atoms with Crippen molar-refractivity contribution >= 4 is 22.8 Å². The Bertz CT molecular complexity index is 1200. The van der Waals surface area contributed by atoms with Crippen LogP contribution in [-0.2, 0) is 12.7 Å². The number of halogens is 6. The lowest BCUT2D eigenvalue weighted by molar-refractivity contribution is -0.142. The minimum Gasteiger partial charge on any atom is -0.355 e. The summed E-state index contributed by atoms with van der Waals surface area (Å²) in [5, 5.41) is 4.16. The van der Waals surface area contributed by atoms with Crippen LogP contribution in [-0.4, -0.2) is 62.1 Å². The lowest BCUT2D eigenvalue weighted by Crippen LogP contribution is -2.58. The van der Waals surface area contributed by atoms with E-state index in [9.17, 15) is 26.3 Å². The van der Waals surface area contributed by atoms with E-state index in [0.29, 0.717) is 37.5 Å². The molecule has 5 rings (SSSR count). The first-order chi connectivity index (χ1) is 15.4. The Morgan fingerprint density at radius 3 is 2.39 bits per heavy atom. The van der Waals surface area contributed by atoms with Crippen molar-refractivity contribution in [2.24, 2.45) is 5.41 Å². The van der Waals surface area contributed by atoms with Crippen LogP contribution in [0.5, 0.6) is 0 Å². The molecule has 0 amide bonds. The van der Waals surface area contributed by atoms with Crippen molar-refractivity contribution in [1.29, 1.82) is 0 Å². The number of aryl methyl sites for hydroxylation is 1. The summed E-state index contributed by atoms with van der Waals surface area (Å²) in [5.74, 6) is 0.581. The molecule has 0 atom stereocenters. The van der Waals surface area contributed by atoms with Gasteiger partial charge in [-0.15, -0.1) is 0 Å². The van der Waals surface area contributed by atoms with Crippen molar-refractivity contribution in [1.82, 2.24) is 29.7 Å². The molecule has 0 bridgehead atoms. The third-order valence-corrected chi connectivity index (χ3v) is 5.91. The van der Waals surface area contributed by atoms with Gasteiger partial charge in [0.1, 0.15) is 23.9 Å². The molecule has 0 N–H and O–H groups in total. The van der Waals surface area contributed by atoms with Gasteiger partial charge in [-0.3, -0.25) is 0 Å². The molecular weight excluding hydrogens is 454 g/mol. The lowest BCUT2D eigenvalue weighted by Gasteiger charge is -2.48. The van der Waals surface area contributed by atoms with Crippen molar-refractivity contribution in [3.05, 3.63) is 30.0 Å². The van der Waals surface area contributed by atoms with Crippen molar-refractivity contribution in [2.75, 3.05) is 36.0 Å². The van der Waals surface area contributed by atoms with Gasteiger partial charge in [0.05, 0.1) is 11.6 Å². The zero-order valence-corrected chi connectivity index (χ0v) is 17.3. The van der Waals surface area contributed by atoms with E-state index < -0.39 is 24.6 Å². The summed E-state index contributed by atoms with van der Waals surface area (Å²) in [6.45, 7) is 2.31. The maximum Gasteiger partial charge on any atom is 0.433 e. The summed E-state index contributed by atoms with van der Waals surface area (Å²) >= 11 is 0. The lowest BCUT2D eigenvalue weighted by atomic mass is 9.79. The number of anilines is 2. The van der Waals surface area contributed by atoms with Crippen molar-refractivity contribution < 1.29 is 26.3 Å². The molecule has 0 aliphatic carbocycles. The molecule has 176 valence electrons. The maximum atomic E-state index is 13.1. The summed E-state index contributed by atoms with van der Waals surface area (Å²) in [7, 11) is 0. The van der Waals surface area contributed by atoms with E-state index in [1.807, 2.05) is 4.90 Å². The fourth-order valence-corrected chi connectivity index (χ4v) is 4.44. The minimum atomic E-state index is -4.55. The molecule has 0 saturated carbocycles. The first-order valence-corrected chi connectivity index (χ1v) is 10.1. The first-order valence-electron chi connectivity index (χ1n) is 10.1. The Morgan fingerprint density at radius 1 is 0.970 bits per heavy atom. The van der Waals surface area contributed by atoms with E-state index >= 15 is 0 Å². The molecule has 14 heteroatoms. The van der Waals surface area contributed by atoms with Gasteiger partial charge in [-0.25, -0.2) is 19.6 Å². The second-order valence-electron chi connectivity index (χ2n) is 8.55. The van der Waals surface area contributed by atoms with E-state index in [0.717, 1.165) is 17.2 Å². The number of hydrogen-bond acceptors (Lipinski definition) is 7. The Morgan fingerprint density at radius 2 is 1.70 bits per heavy atom. The van der Waals surface area contributed by atoms with Crippen LogP contribution >= 0.6 is 0 Å². The van der Waals surface area contributed by atoms with Crippen LogP contribution in [0.1, 0.15) is 17.9 Å². The molecule has 2 saturated heterocycles. The normalized spacial score (nSPS) is 18.4. The summed E-state index contributed by atoms with van der Waals surface area (Å²) < 4.78 is 78.4. The van der Waals surface area contributed by atoms with E-state index in [1.54, 1.807) is 4.90 Å². The highest BCUT2D eigenvalue weighted by Crippen LogP contribution is 2.43. The number of hydrogen-bond donors (Lipinski definition) is 0. The third-order valence-electron chi connectivity index (χ3n) is 5.91. The summed E-state index contributed by atoms with van der Waals surface area (Å²) in [4.78, 5) is 19.9. The average Bonchev–Trinajstić information content (AvgIpc) is 3.29. The van der Waals surface area contributed by atoms with Gasteiger partial charge in [-0.2, -0.15) is 36.4 Å². The van der Waals surface area contributed by atoms with Crippen molar-refractivity contribution in [3.8, 4) is 0 Å². The summed E-state index contributed by atoms with van der Waals surface area (Å²) in [5.41, 5.74) is -1.05. The molecule has 0 radical (unpaired) electrons. The van der Waals surface area contributed by atoms with Gasteiger partial charge in [0.25, 0.3) is 0 Å². The molecule has 3 aromatic heterocycles. The second kappa shape index (κ2) is 7.15. The maximum absolute atomic E-state index is 13.1. The smallest absolute Gasteiger partial charge is 0.355 e. The second-order valence-corrected chi connectivity index (χ2v) is 8.55. The molecule has 3 aromatic rings. The van der Waals surface area contributed by atoms with E-state index in [4.69, 9.17) is 0 Å². The van der Waals surface area contributed by atoms with Crippen LogP contribution in [0, 0.1) is 12.3 Å².